The first kappa shape index (κ1) is 46.0. The van der Waals surface area contributed by atoms with Crippen LogP contribution in [0.2, 0.25) is 0 Å². The standard InChI is InChI=1S/C52H87N2/c1-4-6-8-10-12-14-16-18-19-20-22-24-26-28-30-38-44-53-45-46-54(48-53)51(43-37-29-27-25-23-21-17-15-13-11-9-7-5-2)52(3,50-41-35-32-36-42-50)47-49-39-33-31-34-40-49/h31-36,39-42,45-46,48,51H,4-30,37-38,43-44,47H2,1-3H3/q+1. The van der Waals surface area contributed by atoms with Gasteiger partial charge < -0.3 is 0 Å². The molecule has 0 N–H and O–H groups in total. The van der Waals surface area contributed by atoms with Crippen LogP contribution in [0.5, 0.6) is 0 Å². The largest absolute Gasteiger partial charge is 0.244 e. The zero-order valence-corrected chi connectivity index (χ0v) is 36.1. The summed E-state index contributed by atoms with van der Waals surface area (Å²) in [4.78, 5) is 0. The van der Waals surface area contributed by atoms with Crippen molar-refractivity contribution in [1.29, 1.82) is 0 Å². The maximum Gasteiger partial charge on any atom is 0.244 e. The van der Waals surface area contributed by atoms with E-state index in [1.54, 1.807) is 0 Å². The van der Waals surface area contributed by atoms with Gasteiger partial charge in [0.15, 0.2) is 0 Å². The Morgan fingerprint density at radius 3 is 1.31 bits per heavy atom. The summed E-state index contributed by atoms with van der Waals surface area (Å²) in [5.41, 5.74) is 2.91. The molecule has 1 aromatic heterocycles. The minimum atomic E-state index is 0.00480. The molecule has 2 unspecified atom stereocenters. The smallest absolute Gasteiger partial charge is 0.237 e. The molecule has 2 heteroatoms. The lowest BCUT2D eigenvalue weighted by molar-refractivity contribution is -0.697. The first-order chi connectivity index (χ1) is 26.7. The summed E-state index contributed by atoms with van der Waals surface area (Å²) < 4.78 is 5.08. The molecule has 2 atom stereocenters. The van der Waals surface area contributed by atoms with Crippen LogP contribution in [0.15, 0.2) is 79.4 Å². The van der Waals surface area contributed by atoms with Crippen molar-refractivity contribution in [3.05, 3.63) is 90.5 Å². The number of hydrogen-bond acceptors (Lipinski definition) is 0. The summed E-state index contributed by atoms with van der Waals surface area (Å²) in [6, 6.07) is 23.1. The SMILES string of the molecule is CCCCCCCCCCCCCCCCCC[n+]1ccn(C(CCCCCCCCCCCCCCC)C(C)(Cc2ccccc2)c2ccccc2)c1. The fourth-order valence-electron chi connectivity index (χ4n) is 8.97. The van der Waals surface area contributed by atoms with Crippen molar-refractivity contribution in [2.45, 2.75) is 238 Å². The molecule has 0 aliphatic heterocycles. The summed E-state index contributed by atoms with van der Waals surface area (Å²) >= 11 is 0. The van der Waals surface area contributed by atoms with Crippen LogP contribution in [0.4, 0.5) is 0 Å². The predicted molar refractivity (Wildman–Crippen MR) is 237 cm³/mol. The second-order valence-electron chi connectivity index (χ2n) is 17.4. The number of aryl methyl sites for hydroxylation is 1. The fourth-order valence-corrected chi connectivity index (χ4v) is 8.97. The number of benzene rings is 2. The highest BCUT2D eigenvalue weighted by molar-refractivity contribution is 5.30. The Bertz CT molecular complexity index is 1230. The summed E-state index contributed by atoms with van der Waals surface area (Å²) in [7, 11) is 0. The zero-order chi connectivity index (χ0) is 38.2. The van der Waals surface area contributed by atoms with Crippen molar-refractivity contribution in [2.75, 3.05) is 0 Å². The van der Waals surface area contributed by atoms with Crippen molar-refractivity contribution >= 4 is 0 Å². The molecule has 2 aromatic carbocycles. The molecule has 1 heterocycles. The minimum absolute atomic E-state index is 0.00480. The number of aromatic nitrogens is 2. The molecule has 0 amide bonds. The van der Waals surface area contributed by atoms with Gasteiger partial charge in [0.25, 0.3) is 0 Å². The van der Waals surface area contributed by atoms with E-state index < -0.39 is 0 Å². The molecule has 3 aromatic rings. The molecule has 304 valence electrons. The van der Waals surface area contributed by atoms with Crippen molar-refractivity contribution in [3.63, 3.8) is 0 Å². The van der Waals surface area contributed by atoms with Crippen LogP contribution in [-0.4, -0.2) is 4.57 Å². The molecule has 0 fully saturated rings. The van der Waals surface area contributed by atoms with Crippen LogP contribution in [0.1, 0.15) is 231 Å². The number of unbranched alkanes of at least 4 members (excludes halogenated alkanes) is 27. The number of imidazole rings is 1. The highest BCUT2D eigenvalue weighted by Gasteiger charge is 2.40. The molecule has 3 rings (SSSR count). The summed E-state index contributed by atoms with van der Waals surface area (Å²) in [6.45, 7) is 8.30. The maximum absolute atomic E-state index is 2.60. The monoisotopic (exact) mass is 740 g/mol. The number of nitrogens with zero attached hydrogens (tertiary/aromatic N) is 2. The molecule has 0 saturated carbocycles. The third-order valence-electron chi connectivity index (χ3n) is 12.5. The van der Waals surface area contributed by atoms with E-state index in [4.69, 9.17) is 0 Å². The summed E-state index contributed by atoms with van der Waals surface area (Å²) in [6.07, 6.45) is 50.5. The molecule has 0 aliphatic rings. The van der Waals surface area contributed by atoms with Crippen LogP contribution in [0, 0.1) is 0 Å². The third kappa shape index (κ3) is 20.0. The van der Waals surface area contributed by atoms with E-state index >= 15 is 0 Å². The van der Waals surface area contributed by atoms with Crippen molar-refractivity contribution in [3.8, 4) is 0 Å². The summed E-state index contributed by atoms with van der Waals surface area (Å²) in [5, 5.41) is 0. The third-order valence-corrected chi connectivity index (χ3v) is 12.5. The Labute approximate surface area is 336 Å². The van der Waals surface area contributed by atoms with Gasteiger partial charge in [0.1, 0.15) is 18.4 Å². The quantitative estimate of drug-likeness (QED) is 0.0415. The minimum Gasteiger partial charge on any atom is -0.237 e. The number of hydrogen-bond donors (Lipinski definition) is 0. The average molecular weight is 740 g/mol. The van der Waals surface area contributed by atoms with Crippen LogP contribution in [0.25, 0.3) is 0 Å². The topological polar surface area (TPSA) is 8.81 Å². The first-order valence-corrected chi connectivity index (χ1v) is 23.8. The predicted octanol–water partition coefficient (Wildman–Crippen LogP) is 16.3. The van der Waals surface area contributed by atoms with Gasteiger partial charge in [0.05, 0.1) is 6.54 Å². The lowest BCUT2D eigenvalue weighted by atomic mass is 9.70. The van der Waals surface area contributed by atoms with E-state index in [2.05, 4.69) is 109 Å². The van der Waals surface area contributed by atoms with Gasteiger partial charge in [0.2, 0.25) is 6.33 Å². The second-order valence-corrected chi connectivity index (χ2v) is 17.4. The Morgan fingerprint density at radius 2 is 0.870 bits per heavy atom. The zero-order valence-electron chi connectivity index (χ0n) is 36.1. The molecule has 0 bridgehead atoms. The van der Waals surface area contributed by atoms with E-state index in [9.17, 15) is 0 Å². The normalized spacial score (nSPS) is 13.3. The molecule has 54 heavy (non-hydrogen) atoms. The van der Waals surface area contributed by atoms with Gasteiger partial charge in [-0.25, -0.2) is 9.13 Å². The number of rotatable bonds is 36. The molecule has 0 saturated heterocycles. The van der Waals surface area contributed by atoms with Crippen LogP contribution in [-0.2, 0) is 18.4 Å². The molecular formula is C52H87N2+. The van der Waals surface area contributed by atoms with Crippen molar-refractivity contribution in [1.82, 2.24) is 4.57 Å². The van der Waals surface area contributed by atoms with Gasteiger partial charge in [-0.1, -0.05) is 248 Å². The molecule has 0 aliphatic carbocycles. The average Bonchev–Trinajstić information content (AvgIpc) is 3.66. The van der Waals surface area contributed by atoms with E-state index in [-0.39, 0.29) is 5.41 Å². The molecule has 0 spiro atoms. The van der Waals surface area contributed by atoms with Gasteiger partial charge >= 0.3 is 0 Å². The van der Waals surface area contributed by atoms with E-state index in [0.29, 0.717) is 6.04 Å². The Balaban J connectivity index is 1.44. The van der Waals surface area contributed by atoms with Crippen molar-refractivity contribution in [2.24, 2.45) is 0 Å². The highest BCUT2D eigenvalue weighted by atomic mass is 15.1. The molecule has 2 nitrogen and oxygen atoms in total. The second kappa shape index (κ2) is 30.8. The van der Waals surface area contributed by atoms with E-state index in [1.165, 1.54) is 204 Å². The summed E-state index contributed by atoms with van der Waals surface area (Å²) in [5.74, 6) is 0. The Kier molecular flexibility index (Phi) is 26.3. The maximum atomic E-state index is 2.60. The first-order valence-electron chi connectivity index (χ1n) is 23.8. The van der Waals surface area contributed by atoms with E-state index in [1.807, 2.05) is 0 Å². The van der Waals surface area contributed by atoms with Crippen molar-refractivity contribution < 1.29 is 4.57 Å². The lowest BCUT2D eigenvalue weighted by Gasteiger charge is -2.37. The van der Waals surface area contributed by atoms with Gasteiger partial charge in [-0.3, -0.25) is 0 Å². The van der Waals surface area contributed by atoms with Crippen LogP contribution in [0.3, 0.4) is 0 Å². The van der Waals surface area contributed by atoms with Crippen LogP contribution >= 0.6 is 0 Å². The Hall–Kier alpha value is -2.35. The van der Waals surface area contributed by atoms with Gasteiger partial charge in [-0.05, 0) is 43.2 Å². The lowest BCUT2D eigenvalue weighted by Crippen LogP contribution is -2.38. The fraction of sp³-hybridized carbons (Fsp3) is 0.712. The van der Waals surface area contributed by atoms with Gasteiger partial charge in [0, 0.05) is 5.41 Å². The van der Waals surface area contributed by atoms with Gasteiger partial charge in [-0.15, -0.1) is 0 Å². The van der Waals surface area contributed by atoms with Crippen LogP contribution < -0.4 is 4.57 Å². The highest BCUT2D eigenvalue weighted by Crippen LogP contribution is 2.41. The molecule has 0 radical (unpaired) electrons. The van der Waals surface area contributed by atoms with E-state index in [0.717, 1.165) is 13.0 Å². The van der Waals surface area contributed by atoms with Gasteiger partial charge in [-0.2, -0.15) is 0 Å². The molecular weight excluding hydrogens is 653 g/mol. The Morgan fingerprint density at radius 1 is 0.481 bits per heavy atom.